The summed E-state index contributed by atoms with van der Waals surface area (Å²) in [6.45, 7) is 5.70. The molecule has 0 spiro atoms. The highest BCUT2D eigenvalue weighted by Crippen LogP contribution is 2.25. The van der Waals surface area contributed by atoms with Crippen LogP contribution in [0.3, 0.4) is 0 Å². The predicted molar refractivity (Wildman–Crippen MR) is 109 cm³/mol. The maximum absolute atomic E-state index is 12.7. The van der Waals surface area contributed by atoms with Crippen molar-refractivity contribution in [2.24, 2.45) is 5.92 Å². The van der Waals surface area contributed by atoms with Gasteiger partial charge in [0.1, 0.15) is 5.82 Å². The Morgan fingerprint density at radius 3 is 2.59 bits per heavy atom. The van der Waals surface area contributed by atoms with Gasteiger partial charge in [-0.1, -0.05) is 24.3 Å². The number of fused-ring (bicyclic) bond motifs is 1. The summed E-state index contributed by atoms with van der Waals surface area (Å²) in [6.07, 6.45) is 3.48. The first-order valence-corrected chi connectivity index (χ1v) is 9.45. The van der Waals surface area contributed by atoms with Gasteiger partial charge in [-0.15, -0.1) is 0 Å². The second-order valence-corrected chi connectivity index (χ2v) is 7.29. The van der Waals surface area contributed by atoms with Gasteiger partial charge in [0, 0.05) is 24.7 Å². The first-order valence-electron chi connectivity index (χ1n) is 9.45. The molecule has 27 heavy (non-hydrogen) atoms. The molecule has 5 heteroatoms. The zero-order valence-corrected chi connectivity index (χ0v) is 15.8. The molecule has 1 N–H and O–H groups in total. The third kappa shape index (κ3) is 3.77. The quantitative estimate of drug-likeness (QED) is 0.764. The van der Waals surface area contributed by atoms with Crippen LogP contribution < -0.4 is 10.2 Å². The number of nitrogens with one attached hydrogen (secondary N) is 1. The Bertz CT molecular complexity index is 977. The molecule has 2 aromatic carbocycles. The summed E-state index contributed by atoms with van der Waals surface area (Å²) in [5, 5.41) is 3.11. The first kappa shape index (κ1) is 17.5. The van der Waals surface area contributed by atoms with Crippen molar-refractivity contribution in [1.82, 2.24) is 9.97 Å². The second kappa shape index (κ2) is 7.35. The molecular formula is C22H24N4O. The van der Waals surface area contributed by atoms with Gasteiger partial charge in [0.2, 0.25) is 5.91 Å². The van der Waals surface area contributed by atoms with E-state index in [-0.39, 0.29) is 11.8 Å². The Labute approximate surface area is 159 Å². The van der Waals surface area contributed by atoms with Crippen LogP contribution in [-0.4, -0.2) is 29.0 Å². The molecule has 4 rings (SSSR count). The van der Waals surface area contributed by atoms with Crippen LogP contribution in [0, 0.1) is 19.8 Å². The van der Waals surface area contributed by atoms with Crippen LogP contribution in [0.25, 0.3) is 11.0 Å². The van der Waals surface area contributed by atoms with Crippen LogP contribution in [0.4, 0.5) is 11.5 Å². The highest BCUT2D eigenvalue weighted by atomic mass is 16.1. The van der Waals surface area contributed by atoms with Gasteiger partial charge in [-0.25, -0.2) is 4.98 Å². The first-order chi connectivity index (χ1) is 13.1. The molecule has 0 radical (unpaired) electrons. The summed E-state index contributed by atoms with van der Waals surface area (Å²) >= 11 is 0. The number of carbonyl (C=O) groups is 1. The number of hydrogen-bond donors (Lipinski definition) is 1. The van der Waals surface area contributed by atoms with Crippen molar-refractivity contribution in [3.8, 4) is 0 Å². The molecule has 1 saturated heterocycles. The summed E-state index contributed by atoms with van der Waals surface area (Å²) in [7, 11) is 0. The number of carbonyl (C=O) groups excluding carboxylic acids is 1. The van der Waals surface area contributed by atoms with Crippen LogP contribution in [0.5, 0.6) is 0 Å². The topological polar surface area (TPSA) is 58.1 Å². The van der Waals surface area contributed by atoms with Gasteiger partial charge in [-0.05, 0) is 56.0 Å². The molecule has 1 aliphatic heterocycles. The molecule has 0 bridgehead atoms. The normalized spacial score (nSPS) is 15.1. The highest BCUT2D eigenvalue weighted by Gasteiger charge is 2.26. The van der Waals surface area contributed by atoms with Gasteiger partial charge < -0.3 is 10.2 Å². The maximum atomic E-state index is 12.7. The zero-order chi connectivity index (χ0) is 18.8. The number of aromatic nitrogens is 2. The van der Waals surface area contributed by atoms with Gasteiger partial charge in [0.25, 0.3) is 0 Å². The second-order valence-electron chi connectivity index (χ2n) is 7.29. The lowest BCUT2D eigenvalue weighted by Gasteiger charge is -2.32. The Balaban J connectivity index is 1.40. The minimum Gasteiger partial charge on any atom is -0.355 e. The Morgan fingerprint density at radius 1 is 1.07 bits per heavy atom. The van der Waals surface area contributed by atoms with E-state index in [0.29, 0.717) is 0 Å². The van der Waals surface area contributed by atoms with Gasteiger partial charge in [0.15, 0.2) is 0 Å². The van der Waals surface area contributed by atoms with Crippen LogP contribution >= 0.6 is 0 Å². The Kier molecular flexibility index (Phi) is 4.75. The minimum atomic E-state index is 0.0366. The van der Waals surface area contributed by atoms with E-state index < -0.39 is 0 Å². The van der Waals surface area contributed by atoms with E-state index in [0.717, 1.165) is 59.6 Å². The van der Waals surface area contributed by atoms with E-state index in [1.165, 1.54) is 0 Å². The molecule has 0 atom stereocenters. The largest absolute Gasteiger partial charge is 0.355 e. The molecule has 0 saturated carbocycles. The molecule has 2 heterocycles. The molecule has 1 aliphatic rings. The van der Waals surface area contributed by atoms with Crippen molar-refractivity contribution in [1.29, 1.82) is 0 Å². The lowest BCUT2D eigenvalue weighted by Crippen LogP contribution is -2.38. The lowest BCUT2D eigenvalue weighted by molar-refractivity contribution is -0.120. The molecule has 0 unspecified atom stereocenters. The van der Waals surface area contributed by atoms with Crippen LogP contribution in [0.2, 0.25) is 0 Å². The standard InChI is InChI=1S/C22H24N4O/c1-15-7-8-16(2)20(13-15)25-22(27)17-9-11-26(12-10-17)21-14-23-18-5-3-4-6-19(18)24-21/h3-8,13-14,17H,9-12H2,1-2H3,(H,25,27). The maximum Gasteiger partial charge on any atom is 0.227 e. The number of nitrogens with zero attached hydrogens (tertiary/aromatic N) is 3. The summed E-state index contributed by atoms with van der Waals surface area (Å²) in [5.74, 6) is 1.05. The van der Waals surface area contributed by atoms with Crippen molar-refractivity contribution >= 4 is 28.4 Å². The zero-order valence-electron chi connectivity index (χ0n) is 15.8. The monoisotopic (exact) mass is 360 g/mol. The lowest BCUT2D eigenvalue weighted by atomic mass is 9.95. The van der Waals surface area contributed by atoms with E-state index in [1.807, 2.05) is 56.4 Å². The van der Waals surface area contributed by atoms with E-state index in [9.17, 15) is 4.79 Å². The van der Waals surface area contributed by atoms with E-state index in [4.69, 9.17) is 4.98 Å². The number of amides is 1. The average molecular weight is 360 g/mol. The molecule has 1 amide bonds. The molecule has 1 fully saturated rings. The van der Waals surface area contributed by atoms with Crippen molar-refractivity contribution < 1.29 is 4.79 Å². The third-order valence-electron chi connectivity index (χ3n) is 5.28. The van der Waals surface area contributed by atoms with Crippen molar-refractivity contribution in [2.75, 3.05) is 23.3 Å². The summed E-state index contributed by atoms with van der Waals surface area (Å²) in [4.78, 5) is 24.1. The number of piperidine rings is 1. The fraction of sp³-hybridized carbons (Fsp3) is 0.318. The number of aryl methyl sites for hydroxylation is 2. The number of rotatable bonds is 3. The number of benzene rings is 2. The van der Waals surface area contributed by atoms with Crippen molar-refractivity contribution in [3.63, 3.8) is 0 Å². The summed E-state index contributed by atoms with van der Waals surface area (Å²) in [6, 6.07) is 14.0. The molecule has 0 aliphatic carbocycles. The number of para-hydroxylation sites is 2. The van der Waals surface area contributed by atoms with Crippen molar-refractivity contribution in [3.05, 3.63) is 59.8 Å². The van der Waals surface area contributed by atoms with E-state index in [1.54, 1.807) is 0 Å². The molecule has 5 nitrogen and oxygen atoms in total. The van der Waals surface area contributed by atoms with Gasteiger partial charge in [0.05, 0.1) is 17.2 Å². The van der Waals surface area contributed by atoms with Crippen LogP contribution in [-0.2, 0) is 4.79 Å². The molecule has 3 aromatic rings. The average Bonchev–Trinajstić information content (AvgIpc) is 2.70. The Hall–Kier alpha value is -2.95. The fourth-order valence-electron chi connectivity index (χ4n) is 3.58. The fourth-order valence-corrected chi connectivity index (χ4v) is 3.58. The predicted octanol–water partition coefficient (Wildman–Crippen LogP) is 4.10. The van der Waals surface area contributed by atoms with Gasteiger partial charge in [-0.2, -0.15) is 0 Å². The van der Waals surface area contributed by atoms with Crippen molar-refractivity contribution in [2.45, 2.75) is 26.7 Å². The summed E-state index contributed by atoms with van der Waals surface area (Å²) in [5.41, 5.74) is 4.98. The van der Waals surface area contributed by atoms with Crippen LogP contribution in [0.1, 0.15) is 24.0 Å². The third-order valence-corrected chi connectivity index (χ3v) is 5.28. The number of hydrogen-bond acceptors (Lipinski definition) is 4. The molecule has 1 aromatic heterocycles. The minimum absolute atomic E-state index is 0.0366. The smallest absolute Gasteiger partial charge is 0.227 e. The Morgan fingerprint density at radius 2 is 1.81 bits per heavy atom. The summed E-state index contributed by atoms with van der Waals surface area (Å²) < 4.78 is 0. The van der Waals surface area contributed by atoms with E-state index >= 15 is 0 Å². The SMILES string of the molecule is Cc1ccc(C)c(NC(=O)C2CCN(c3cnc4ccccc4n3)CC2)c1. The molecular weight excluding hydrogens is 336 g/mol. The highest BCUT2D eigenvalue weighted by molar-refractivity contribution is 5.93. The van der Waals surface area contributed by atoms with E-state index in [2.05, 4.69) is 21.3 Å². The van der Waals surface area contributed by atoms with Crippen LogP contribution in [0.15, 0.2) is 48.7 Å². The van der Waals surface area contributed by atoms with Gasteiger partial charge >= 0.3 is 0 Å². The number of anilines is 2. The van der Waals surface area contributed by atoms with Gasteiger partial charge in [-0.3, -0.25) is 9.78 Å². The molecule has 138 valence electrons.